The number of anilines is 2. The molecule has 0 aliphatic carbocycles. The van der Waals surface area contributed by atoms with Gasteiger partial charge in [-0.15, -0.1) is 0 Å². The van der Waals surface area contributed by atoms with E-state index in [4.69, 9.17) is 0 Å². The van der Waals surface area contributed by atoms with Crippen LogP contribution in [0.25, 0.3) is 0 Å². The van der Waals surface area contributed by atoms with E-state index in [1.165, 1.54) is 0 Å². The molecule has 0 spiro atoms. The number of aromatic nitrogens is 4. The van der Waals surface area contributed by atoms with Gasteiger partial charge in [0.2, 0.25) is 5.95 Å². The topological polar surface area (TPSA) is 88.0 Å². The molecule has 1 amide bonds. The van der Waals surface area contributed by atoms with E-state index >= 15 is 0 Å². The molecule has 0 unspecified atom stereocenters. The van der Waals surface area contributed by atoms with Crippen molar-refractivity contribution in [3.05, 3.63) is 30.4 Å². The van der Waals surface area contributed by atoms with Crippen molar-refractivity contribution in [2.75, 3.05) is 31.5 Å². The van der Waals surface area contributed by atoms with Crippen LogP contribution in [0.15, 0.2) is 24.8 Å². The zero-order valence-electron chi connectivity index (χ0n) is 14.8. The Labute approximate surface area is 147 Å². The molecule has 134 valence electrons. The lowest BCUT2D eigenvalue weighted by Gasteiger charge is -2.19. The van der Waals surface area contributed by atoms with Gasteiger partial charge in [-0.1, -0.05) is 13.8 Å². The number of carbonyl (C=O) groups is 1. The molecule has 0 aromatic carbocycles. The van der Waals surface area contributed by atoms with Crippen molar-refractivity contribution in [3.8, 4) is 0 Å². The van der Waals surface area contributed by atoms with E-state index in [-0.39, 0.29) is 5.91 Å². The molecule has 8 heteroatoms. The molecule has 0 saturated carbocycles. The van der Waals surface area contributed by atoms with E-state index in [9.17, 15) is 4.79 Å². The van der Waals surface area contributed by atoms with Gasteiger partial charge in [0, 0.05) is 44.8 Å². The van der Waals surface area contributed by atoms with Crippen LogP contribution < -0.4 is 10.6 Å². The second-order valence-electron chi connectivity index (χ2n) is 6.66. The van der Waals surface area contributed by atoms with E-state index in [1.54, 1.807) is 18.6 Å². The van der Waals surface area contributed by atoms with Crippen molar-refractivity contribution in [3.63, 3.8) is 0 Å². The number of nitrogens with one attached hydrogen (secondary N) is 2. The molecule has 1 fully saturated rings. The lowest BCUT2D eigenvalue weighted by atomic mass is 10.2. The van der Waals surface area contributed by atoms with Crippen molar-refractivity contribution in [2.24, 2.45) is 5.92 Å². The van der Waals surface area contributed by atoms with Crippen LogP contribution in [0, 0.1) is 5.92 Å². The van der Waals surface area contributed by atoms with Gasteiger partial charge in [0.15, 0.2) is 0 Å². The van der Waals surface area contributed by atoms with Crippen LogP contribution in [0.3, 0.4) is 0 Å². The van der Waals surface area contributed by atoms with Crippen molar-refractivity contribution < 1.29 is 4.79 Å². The minimum atomic E-state index is -0.0139. The van der Waals surface area contributed by atoms with Crippen LogP contribution in [-0.4, -0.2) is 56.7 Å². The Morgan fingerprint density at radius 2 is 2.04 bits per heavy atom. The van der Waals surface area contributed by atoms with Gasteiger partial charge in [-0.25, -0.2) is 9.97 Å². The first-order valence-electron chi connectivity index (χ1n) is 8.73. The largest absolute Gasteiger partial charge is 0.337 e. The third-order valence-corrected chi connectivity index (χ3v) is 3.97. The molecule has 1 aliphatic heterocycles. The first-order chi connectivity index (χ1) is 12.1. The summed E-state index contributed by atoms with van der Waals surface area (Å²) in [4.78, 5) is 22.9. The summed E-state index contributed by atoms with van der Waals surface area (Å²) in [5, 5.41) is 10.7. The molecule has 0 radical (unpaired) electrons. The van der Waals surface area contributed by atoms with E-state index in [0.717, 1.165) is 38.3 Å². The first-order valence-corrected chi connectivity index (χ1v) is 8.73. The monoisotopic (exact) mass is 343 g/mol. The lowest BCUT2D eigenvalue weighted by Crippen LogP contribution is -2.34. The summed E-state index contributed by atoms with van der Waals surface area (Å²) < 4.78 is 1.89. The van der Waals surface area contributed by atoms with Crippen molar-refractivity contribution in [1.29, 1.82) is 0 Å². The quantitative estimate of drug-likeness (QED) is 0.855. The van der Waals surface area contributed by atoms with E-state index in [2.05, 4.69) is 39.5 Å². The van der Waals surface area contributed by atoms with Crippen LogP contribution in [0.4, 0.5) is 11.6 Å². The molecule has 25 heavy (non-hydrogen) atoms. The average Bonchev–Trinajstić information content (AvgIpc) is 2.85. The van der Waals surface area contributed by atoms with Gasteiger partial charge in [0.1, 0.15) is 0 Å². The molecule has 2 N–H and O–H groups in total. The van der Waals surface area contributed by atoms with Crippen LogP contribution in [-0.2, 0) is 6.54 Å². The fourth-order valence-corrected chi connectivity index (χ4v) is 2.77. The van der Waals surface area contributed by atoms with Gasteiger partial charge >= 0.3 is 0 Å². The summed E-state index contributed by atoms with van der Waals surface area (Å²) >= 11 is 0. The predicted octanol–water partition coefficient (Wildman–Crippen LogP) is 1.51. The van der Waals surface area contributed by atoms with E-state index in [1.807, 2.05) is 15.8 Å². The maximum atomic E-state index is 12.5. The van der Waals surface area contributed by atoms with Gasteiger partial charge in [-0.2, -0.15) is 5.10 Å². The molecular formula is C17H25N7O. The highest BCUT2D eigenvalue weighted by molar-refractivity contribution is 5.93. The number of hydrogen-bond acceptors (Lipinski definition) is 6. The molecular weight excluding hydrogens is 318 g/mol. The van der Waals surface area contributed by atoms with Gasteiger partial charge < -0.3 is 15.5 Å². The highest BCUT2D eigenvalue weighted by Gasteiger charge is 2.17. The highest BCUT2D eigenvalue weighted by Crippen LogP contribution is 2.13. The van der Waals surface area contributed by atoms with Crippen molar-refractivity contribution in [2.45, 2.75) is 26.8 Å². The standard InChI is InChI=1S/C17H25N7O/c1-13(2)11-24-12-15(10-21-24)22-17-19-8-14(9-20-17)16(25)23-6-3-4-18-5-7-23/h8-10,12-13,18H,3-7,11H2,1-2H3,(H,19,20,22). The van der Waals surface area contributed by atoms with Crippen LogP contribution in [0.2, 0.25) is 0 Å². The Kier molecular flexibility index (Phi) is 5.60. The smallest absolute Gasteiger partial charge is 0.257 e. The molecule has 0 atom stereocenters. The minimum Gasteiger partial charge on any atom is -0.337 e. The summed E-state index contributed by atoms with van der Waals surface area (Å²) in [5.74, 6) is 0.974. The van der Waals surface area contributed by atoms with E-state index in [0.29, 0.717) is 24.0 Å². The molecule has 2 aromatic heterocycles. The van der Waals surface area contributed by atoms with Gasteiger partial charge in [0.05, 0.1) is 17.4 Å². The fourth-order valence-electron chi connectivity index (χ4n) is 2.77. The maximum absolute atomic E-state index is 12.5. The summed E-state index contributed by atoms with van der Waals surface area (Å²) in [6, 6.07) is 0. The Morgan fingerprint density at radius 3 is 2.80 bits per heavy atom. The molecule has 2 aromatic rings. The Balaban J connectivity index is 1.61. The molecule has 8 nitrogen and oxygen atoms in total. The number of carbonyl (C=O) groups excluding carboxylic acids is 1. The maximum Gasteiger partial charge on any atom is 0.257 e. The summed E-state index contributed by atoms with van der Waals surface area (Å²) in [7, 11) is 0. The second-order valence-corrected chi connectivity index (χ2v) is 6.66. The fraction of sp³-hybridized carbons (Fsp3) is 0.529. The lowest BCUT2D eigenvalue weighted by molar-refractivity contribution is 0.0765. The summed E-state index contributed by atoms with van der Waals surface area (Å²) in [6.07, 6.45) is 7.79. The average molecular weight is 343 g/mol. The van der Waals surface area contributed by atoms with Crippen LogP contribution in [0.5, 0.6) is 0 Å². The third kappa shape index (κ3) is 4.76. The zero-order chi connectivity index (χ0) is 17.6. The normalized spacial score (nSPS) is 15.2. The number of hydrogen-bond donors (Lipinski definition) is 2. The summed E-state index contributed by atoms with van der Waals surface area (Å²) in [5.41, 5.74) is 1.35. The molecule has 3 heterocycles. The Hall–Kier alpha value is -2.48. The molecule has 1 saturated heterocycles. The second kappa shape index (κ2) is 8.06. The van der Waals surface area contributed by atoms with E-state index < -0.39 is 0 Å². The predicted molar refractivity (Wildman–Crippen MR) is 95.8 cm³/mol. The Morgan fingerprint density at radius 1 is 1.24 bits per heavy atom. The summed E-state index contributed by atoms with van der Waals surface area (Å²) in [6.45, 7) is 8.41. The van der Waals surface area contributed by atoms with Gasteiger partial charge in [0.25, 0.3) is 5.91 Å². The molecule has 3 rings (SSSR count). The van der Waals surface area contributed by atoms with Crippen LogP contribution in [0.1, 0.15) is 30.6 Å². The van der Waals surface area contributed by atoms with Crippen LogP contribution >= 0.6 is 0 Å². The number of amides is 1. The number of rotatable bonds is 5. The Bertz CT molecular complexity index is 687. The SMILES string of the molecule is CC(C)Cn1cc(Nc2ncc(C(=O)N3CCCNCC3)cn2)cn1. The molecule has 0 bridgehead atoms. The van der Waals surface area contributed by atoms with Gasteiger partial charge in [-0.3, -0.25) is 9.48 Å². The first kappa shape index (κ1) is 17.3. The molecule has 1 aliphatic rings. The minimum absolute atomic E-state index is 0.0139. The number of nitrogens with zero attached hydrogens (tertiary/aromatic N) is 5. The van der Waals surface area contributed by atoms with Gasteiger partial charge in [-0.05, 0) is 18.9 Å². The zero-order valence-corrected chi connectivity index (χ0v) is 14.8. The van der Waals surface area contributed by atoms with Crippen molar-refractivity contribution >= 4 is 17.5 Å². The third-order valence-electron chi connectivity index (χ3n) is 3.97. The highest BCUT2D eigenvalue weighted by atomic mass is 16.2. The van der Waals surface area contributed by atoms with Crippen molar-refractivity contribution in [1.82, 2.24) is 30.0 Å².